The highest BCUT2D eigenvalue weighted by atomic mass is 32.2. The van der Waals surface area contributed by atoms with Crippen molar-refractivity contribution in [3.05, 3.63) is 69.0 Å². The molecule has 1 aromatic heterocycles. The molecule has 3 aromatic rings. The van der Waals surface area contributed by atoms with Crippen molar-refractivity contribution in [3.8, 4) is 5.75 Å². The van der Waals surface area contributed by atoms with E-state index in [1.807, 2.05) is 58.0 Å². The second-order valence-electron chi connectivity index (χ2n) is 9.02. The maximum atomic E-state index is 14.0. The zero-order chi connectivity index (χ0) is 23.8. The van der Waals surface area contributed by atoms with Crippen LogP contribution in [0.5, 0.6) is 5.75 Å². The third-order valence-electron chi connectivity index (χ3n) is 6.43. The first-order chi connectivity index (χ1) is 15.7. The van der Waals surface area contributed by atoms with Crippen molar-refractivity contribution in [2.75, 3.05) is 6.61 Å². The number of nitrogens with zero attached hydrogens (tertiary/aromatic N) is 1. The van der Waals surface area contributed by atoms with E-state index in [4.69, 9.17) is 4.74 Å². The molecular formula is C26H32N2O4S. The van der Waals surface area contributed by atoms with Crippen molar-refractivity contribution in [1.29, 1.82) is 0 Å². The summed E-state index contributed by atoms with van der Waals surface area (Å²) in [5, 5.41) is 0.821. The zero-order valence-electron chi connectivity index (χ0n) is 19.8. The largest absolute Gasteiger partial charge is 0.494 e. The Labute approximate surface area is 195 Å². The van der Waals surface area contributed by atoms with Gasteiger partial charge in [0, 0.05) is 29.1 Å². The highest BCUT2D eigenvalue weighted by Gasteiger charge is 2.35. The van der Waals surface area contributed by atoms with Crippen LogP contribution in [0.15, 0.2) is 46.1 Å². The summed E-state index contributed by atoms with van der Waals surface area (Å²) < 4.78 is 35.1. The number of rotatable bonds is 7. The van der Waals surface area contributed by atoms with Crippen LogP contribution in [-0.2, 0) is 16.6 Å². The molecule has 0 unspecified atom stereocenters. The molecule has 176 valence electrons. The molecule has 6 nitrogen and oxygen atoms in total. The molecule has 0 atom stereocenters. The number of benzene rings is 2. The molecule has 0 aliphatic heterocycles. The quantitative estimate of drug-likeness (QED) is 0.530. The molecule has 0 spiro atoms. The van der Waals surface area contributed by atoms with Crippen molar-refractivity contribution in [3.63, 3.8) is 0 Å². The molecule has 1 aliphatic rings. The average Bonchev–Trinajstić information content (AvgIpc) is 3.25. The predicted octanol–water partition coefficient (Wildman–Crippen LogP) is 4.99. The fourth-order valence-electron chi connectivity index (χ4n) is 5.07. The van der Waals surface area contributed by atoms with Gasteiger partial charge in [0.25, 0.3) is 5.56 Å². The molecule has 0 bridgehead atoms. The molecule has 4 rings (SSSR count). The molecule has 1 N–H and O–H groups in total. The van der Waals surface area contributed by atoms with Gasteiger partial charge in [-0.05, 0) is 75.9 Å². The van der Waals surface area contributed by atoms with Crippen LogP contribution in [0.25, 0.3) is 10.9 Å². The molecule has 0 saturated heterocycles. The second kappa shape index (κ2) is 9.31. The van der Waals surface area contributed by atoms with Gasteiger partial charge in [0.2, 0.25) is 10.0 Å². The summed E-state index contributed by atoms with van der Waals surface area (Å²) in [6.45, 7) is 8.17. The van der Waals surface area contributed by atoms with E-state index >= 15 is 0 Å². The van der Waals surface area contributed by atoms with Crippen molar-refractivity contribution >= 4 is 20.9 Å². The Morgan fingerprint density at radius 3 is 2.33 bits per heavy atom. The van der Waals surface area contributed by atoms with Crippen LogP contribution >= 0.6 is 0 Å². The number of nitrogens with one attached hydrogen (secondary N) is 1. The lowest BCUT2D eigenvalue weighted by molar-refractivity contribution is 0.315. The summed E-state index contributed by atoms with van der Waals surface area (Å²) >= 11 is 0. The van der Waals surface area contributed by atoms with Gasteiger partial charge in [0.15, 0.2) is 0 Å². The van der Waals surface area contributed by atoms with Crippen molar-refractivity contribution in [1.82, 2.24) is 9.29 Å². The number of aryl methyl sites for hydroxylation is 3. The number of aromatic nitrogens is 1. The molecule has 0 amide bonds. The summed E-state index contributed by atoms with van der Waals surface area (Å²) in [5.41, 5.74) is 3.39. The lowest BCUT2D eigenvalue weighted by Crippen LogP contribution is -2.40. The first kappa shape index (κ1) is 23.5. The van der Waals surface area contributed by atoms with Gasteiger partial charge >= 0.3 is 0 Å². The van der Waals surface area contributed by atoms with Gasteiger partial charge in [-0.3, -0.25) is 4.79 Å². The van der Waals surface area contributed by atoms with Gasteiger partial charge in [-0.15, -0.1) is 0 Å². The van der Waals surface area contributed by atoms with Crippen molar-refractivity contribution in [2.24, 2.45) is 0 Å². The van der Waals surface area contributed by atoms with Crippen LogP contribution in [0.2, 0.25) is 0 Å². The minimum atomic E-state index is -3.79. The van der Waals surface area contributed by atoms with E-state index < -0.39 is 10.0 Å². The molecule has 33 heavy (non-hydrogen) atoms. The Morgan fingerprint density at radius 1 is 1.03 bits per heavy atom. The van der Waals surface area contributed by atoms with Gasteiger partial charge in [-0.1, -0.05) is 30.5 Å². The van der Waals surface area contributed by atoms with Gasteiger partial charge < -0.3 is 9.72 Å². The number of fused-ring (bicyclic) bond motifs is 1. The molecule has 1 heterocycles. The fraction of sp³-hybridized carbons (Fsp3) is 0.423. The van der Waals surface area contributed by atoms with Gasteiger partial charge in [-0.25, -0.2) is 8.42 Å². The lowest BCUT2D eigenvalue weighted by Gasteiger charge is -2.29. The first-order valence-corrected chi connectivity index (χ1v) is 13.0. The van der Waals surface area contributed by atoms with Gasteiger partial charge in [-0.2, -0.15) is 4.31 Å². The van der Waals surface area contributed by atoms with E-state index in [1.165, 1.54) is 0 Å². The van der Waals surface area contributed by atoms with E-state index in [1.54, 1.807) is 10.4 Å². The van der Waals surface area contributed by atoms with Gasteiger partial charge in [0.05, 0.1) is 11.5 Å². The van der Waals surface area contributed by atoms with Crippen molar-refractivity contribution < 1.29 is 13.2 Å². The maximum Gasteiger partial charge on any atom is 0.252 e. The molecule has 2 aromatic carbocycles. The second-order valence-corrected chi connectivity index (χ2v) is 10.8. The molecule has 1 aliphatic carbocycles. The van der Waals surface area contributed by atoms with Gasteiger partial charge in [0.1, 0.15) is 5.75 Å². The molecule has 1 fully saturated rings. The van der Waals surface area contributed by atoms with E-state index in [0.717, 1.165) is 47.8 Å². The summed E-state index contributed by atoms with van der Waals surface area (Å²) in [7, 11) is -3.79. The lowest BCUT2D eigenvalue weighted by atomic mass is 10.1. The van der Waals surface area contributed by atoms with Crippen LogP contribution < -0.4 is 10.3 Å². The third-order valence-corrected chi connectivity index (χ3v) is 8.64. The number of pyridine rings is 1. The van der Waals surface area contributed by atoms with Crippen LogP contribution in [0, 0.1) is 20.8 Å². The molecular weight excluding hydrogens is 436 g/mol. The van der Waals surface area contributed by atoms with E-state index in [-0.39, 0.29) is 18.1 Å². The fourth-order valence-corrected chi connectivity index (χ4v) is 7.14. The van der Waals surface area contributed by atoms with E-state index in [0.29, 0.717) is 28.3 Å². The Bertz CT molecular complexity index is 1320. The number of sulfonamides is 1. The van der Waals surface area contributed by atoms with Crippen LogP contribution in [0.3, 0.4) is 0 Å². The number of ether oxygens (including phenoxy) is 1. The average molecular weight is 469 g/mol. The molecule has 0 radical (unpaired) electrons. The first-order valence-electron chi connectivity index (χ1n) is 11.6. The van der Waals surface area contributed by atoms with Crippen LogP contribution in [0.4, 0.5) is 0 Å². The Kier molecular flexibility index (Phi) is 6.64. The predicted molar refractivity (Wildman–Crippen MR) is 131 cm³/mol. The van der Waals surface area contributed by atoms with E-state index in [9.17, 15) is 13.2 Å². The summed E-state index contributed by atoms with van der Waals surface area (Å²) in [6, 6.07) is 11.0. The minimum absolute atomic E-state index is 0.0455. The summed E-state index contributed by atoms with van der Waals surface area (Å²) in [5.74, 6) is 0.717. The topological polar surface area (TPSA) is 79.5 Å². The zero-order valence-corrected chi connectivity index (χ0v) is 20.6. The summed E-state index contributed by atoms with van der Waals surface area (Å²) in [4.78, 5) is 16.2. The minimum Gasteiger partial charge on any atom is -0.494 e. The Balaban J connectivity index is 1.80. The number of hydrogen-bond acceptors (Lipinski definition) is 4. The maximum absolute atomic E-state index is 14.0. The third kappa shape index (κ3) is 4.70. The molecule has 1 saturated carbocycles. The summed E-state index contributed by atoms with van der Waals surface area (Å²) in [6.07, 6.45) is 3.61. The monoisotopic (exact) mass is 468 g/mol. The number of aromatic amines is 1. The highest BCUT2D eigenvalue weighted by molar-refractivity contribution is 7.89. The highest BCUT2D eigenvalue weighted by Crippen LogP contribution is 2.33. The Morgan fingerprint density at radius 2 is 1.70 bits per heavy atom. The van der Waals surface area contributed by atoms with Crippen molar-refractivity contribution in [2.45, 2.75) is 70.9 Å². The smallest absolute Gasteiger partial charge is 0.252 e. The Hall–Kier alpha value is -2.64. The molecule has 7 heteroatoms. The van der Waals surface area contributed by atoms with E-state index in [2.05, 4.69) is 4.98 Å². The van der Waals surface area contributed by atoms with Crippen LogP contribution in [0.1, 0.15) is 54.9 Å². The normalized spacial score (nSPS) is 14.9. The standard InChI is InChI=1S/C26H32N2O4S/c1-5-32-23-10-11-24-20(15-23)14-21(26(29)27-24)16-28(22-8-6-7-9-22)33(30,31)25-18(3)12-17(2)13-19(25)4/h10-15,22H,5-9,16H2,1-4H3,(H,27,29). The SMILES string of the molecule is CCOc1ccc2[nH]c(=O)c(CN(C3CCCC3)S(=O)(=O)c3c(C)cc(C)cc3C)cc2c1. The van der Waals surface area contributed by atoms with Crippen LogP contribution in [-0.4, -0.2) is 30.4 Å². The number of hydrogen-bond donors (Lipinski definition) is 1. The number of H-pyrrole nitrogens is 1.